The number of benzene rings is 14. The minimum Gasteiger partial charge on any atom is -0.208 e. The van der Waals surface area contributed by atoms with Gasteiger partial charge in [0.15, 0.2) is 17.5 Å². The summed E-state index contributed by atoms with van der Waals surface area (Å²) in [7, 11) is 0. The van der Waals surface area contributed by atoms with Crippen molar-refractivity contribution in [2.24, 2.45) is 0 Å². The number of hydrogen-bond acceptors (Lipinski definition) is 4. The predicted molar refractivity (Wildman–Crippen MR) is 320 cm³/mol. The Morgan fingerprint density at radius 3 is 1.05 bits per heavy atom. The lowest BCUT2D eigenvalue weighted by molar-refractivity contribution is 1.08. The van der Waals surface area contributed by atoms with E-state index >= 15 is 0 Å². The van der Waals surface area contributed by atoms with Crippen molar-refractivity contribution in [2.45, 2.75) is 0 Å². The van der Waals surface area contributed by atoms with Gasteiger partial charge in [-0.05, 0) is 139 Å². The van der Waals surface area contributed by atoms with E-state index in [0.29, 0.717) is 17.5 Å². The van der Waals surface area contributed by atoms with Gasteiger partial charge >= 0.3 is 0 Å². The van der Waals surface area contributed by atoms with Crippen LogP contribution in [0.3, 0.4) is 0 Å². The zero-order valence-corrected chi connectivity index (χ0v) is 41.2. The Bertz CT molecular complexity index is 4890. The highest BCUT2D eigenvalue weighted by Crippen LogP contribution is 2.51. The van der Waals surface area contributed by atoms with Gasteiger partial charge in [0.25, 0.3) is 0 Å². The van der Waals surface area contributed by atoms with Gasteiger partial charge in [0.2, 0.25) is 0 Å². The van der Waals surface area contributed by atoms with Crippen molar-refractivity contribution in [3.05, 3.63) is 249 Å². The fourth-order valence-corrected chi connectivity index (χ4v) is 13.5. The van der Waals surface area contributed by atoms with Crippen molar-refractivity contribution in [1.29, 1.82) is 0 Å². The van der Waals surface area contributed by atoms with Crippen LogP contribution in [0.5, 0.6) is 0 Å². The van der Waals surface area contributed by atoms with Crippen LogP contribution in [-0.2, 0) is 0 Å². The summed E-state index contributed by atoms with van der Waals surface area (Å²) in [5.41, 5.74) is 7.75. The van der Waals surface area contributed by atoms with E-state index in [4.69, 9.17) is 15.0 Å². The van der Waals surface area contributed by atoms with E-state index in [0.717, 1.165) is 38.2 Å². The van der Waals surface area contributed by atoms with Crippen molar-refractivity contribution in [3.63, 3.8) is 0 Å². The number of thiophene rings is 1. The fraction of sp³-hybridized carbons (Fsp3) is 0. The quantitative estimate of drug-likeness (QED) is 0.127. The predicted octanol–water partition coefficient (Wildman–Crippen LogP) is 19.8. The standard InChI is InChI=1S/C71H41N3S/c1-3-19-42(20-4-1)69-72-70(43-21-5-2-6-22-43)74-71(73-69)68-56-33-17-15-31-54(56)67(55-32-16-18-34-57(55)68)66-52-29-13-11-27-50(52)65(51-28-12-14-30-53(51)66)46-35-36-49-62-40-60-59-38-45-24-8-7-23-44(45)37-58(59)47-25-9-10-26-48(47)61(60)41-64(62)75-63(49)39-46/h1-41H. The maximum absolute atomic E-state index is 5.31. The van der Waals surface area contributed by atoms with E-state index in [9.17, 15) is 0 Å². The summed E-state index contributed by atoms with van der Waals surface area (Å²) in [6, 6.07) is 90.7. The lowest BCUT2D eigenvalue weighted by atomic mass is 9.81. The molecular formula is C71H41N3S. The van der Waals surface area contributed by atoms with Crippen molar-refractivity contribution in [2.75, 3.05) is 0 Å². The first kappa shape index (κ1) is 42.0. The molecule has 0 N–H and O–H groups in total. The van der Waals surface area contributed by atoms with Crippen LogP contribution in [0.1, 0.15) is 0 Å². The molecule has 0 spiro atoms. The van der Waals surface area contributed by atoms with Gasteiger partial charge in [0.1, 0.15) is 0 Å². The highest BCUT2D eigenvalue weighted by Gasteiger charge is 2.25. The second-order valence-corrected chi connectivity index (χ2v) is 20.8. The molecule has 2 heterocycles. The van der Waals surface area contributed by atoms with E-state index in [1.807, 2.05) is 47.7 Å². The van der Waals surface area contributed by atoms with Crippen LogP contribution in [0.4, 0.5) is 0 Å². The lowest BCUT2D eigenvalue weighted by Crippen LogP contribution is -2.01. The molecule has 346 valence electrons. The summed E-state index contributed by atoms with van der Waals surface area (Å²) in [5, 5.41) is 22.2. The van der Waals surface area contributed by atoms with Crippen LogP contribution in [0.2, 0.25) is 0 Å². The first-order valence-corrected chi connectivity index (χ1v) is 26.4. The summed E-state index contributed by atoms with van der Waals surface area (Å²) >= 11 is 1.90. The molecule has 75 heavy (non-hydrogen) atoms. The highest BCUT2D eigenvalue weighted by molar-refractivity contribution is 7.26. The molecule has 14 aromatic carbocycles. The Hall–Kier alpha value is -9.61. The van der Waals surface area contributed by atoms with Gasteiger partial charge in [0, 0.05) is 36.9 Å². The zero-order chi connectivity index (χ0) is 49.1. The molecule has 3 nitrogen and oxygen atoms in total. The third-order valence-corrected chi connectivity index (χ3v) is 16.7. The fourth-order valence-electron chi connectivity index (χ4n) is 12.3. The Labute approximate surface area is 435 Å². The van der Waals surface area contributed by atoms with E-state index in [2.05, 4.69) is 212 Å². The molecule has 2 aromatic heterocycles. The van der Waals surface area contributed by atoms with Gasteiger partial charge < -0.3 is 0 Å². The average Bonchev–Trinajstić information content (AvgIpc) is 3.85. The summed E-state index contributed by atoms with van der Waals surface area (Å²) in [6.07, 6.45) is 0. The molecule has 0 unspecified atom stereocenters. The summed E-state index contributed by atoms with van der Waals surface area (Å²) in [4.78, 5) is 15.7. The number of aromatic nitrogens is 3. The molecule has 0 radical (unpaired) electrons. The van der Waals surface area contributed by atoms with Crippen LogP contribution >= 0.6 is 11.3 Å². The summed E-state index contributed by atoms with van der Waals surface area (Å²) in [5.74, 6) is 1.93. The van der Waals surface area contributed by atoms with Crippen LogP contribution < -0.4 is 0 Å². The number of fused-ring (bicyclic) bond motifs is 14. The SMILES string of the molecule is c1ccc(-c2nc(-c3ccccc3)nc(-c3c4ccccc4c(-c4c5ccccc5c(-c5ccc6c(c5)sc5cc7c8ccccc8c8cc9ccccc9cc8c7cc56)c5ccccc45)c4ccccc34)n2)cc1. The zero-order valence-electron chi connectivity index (χ0n) is 40.4. The summed E-state index contributed by atoms with van der Waals surface area (Å²) in [6.45, 7) is 0. The monoisotopic (exact) mass is 967 g/mol. The van der Waals surface area contributed by atoms with Crippen LogP contribution in [0.25, 0.3) is 163 Å². The molecule has 4 heteroatoms. The van der Waals surface area contributed by atoms with Crippen molar-refractivity contribution >= 4 is 118 Å². The summed E-state index contributed by atoms with van der Waals surface area (Å²) < 4.78 is 2.59. The first-order valence-electron chi connectivity index (χ1n) is 25.6. The van der Waals surface area contributed by atoms with Crippen molar-refractivity contribution < 1.29 is 0 Å². The van der Waals surface area contributed by atoms with E-state index in [1.165, 1.54) is 107 Å². The van der Waals surface area contributed by atoms with Gasteiger partial charge in [-0.25, -0.2) is 15.0 Å². The molecule has 0 atom stereocenters. The molecule has 0 amide bonds. The Balaban J connectivity index is 0.928. The first-order chi connectivity index (χ1) is 37.2. The molecule has 0 saturated heterocycles. The molecule has 16 aromatic rings. The van der Waals surface area contributed by atoms with Crippen molar-refractivity contribution in [3.8, 4) is 56.4 Å². The molecule has 16 rings (SSSR count). The molecule has 0 aliphatic rings. The van der Waals surface area contributed by atoms with Gasteiger partial charge in [-0.2, -0.15) is 0 Å². The van der Waals surface area contributed by atoms with E-state index in [1.54, 1.807) is 0 Å². The van der Waals surface area contributed by atoms with Crippen LogP contribution in [0.15, 0.2) is 249 Å². The minimum absolute atomic E-state index is 0.641. The highest BCUT2D eigenvalue weighted by atomic mass is 32.1. The molecule has 0 bridgehead atoms. The van der Waals surface area contributed by atoms with Gasteiger partial charge in [-0.1, -0.05) is 218 Å². The molecule has 0 saturated carbocycles. The molecule has 0 fully saturated rings. The molecule has 0 aliphatic heterocycles. The van der Waals surface area contributed by atoms with Crippen LogP contribution in [-0.4, -0.2) is 15.0 Å². The lowest BCUT2D eigenvalue weighted by Gasteiger charge is -2.22. The van der Waals surface area contributed by atoms with Gasteiger partial charge in [0.05, 0.1) is 0 Å². The topological polar surface area (TPSA) is 38.7 Å². The maximum atomic E-state index is 5.31. The van der Waals surface area contributed by atoms with Crippen molar-refractivity contribution in [1.82, 2.24) is 15.0 Å². The second kappa shape index (κ2) is 16.5. The third kappa shape index (κ3) is 6.43. The van der Waals surface area contributed by atoms with Gasteiger partial charge in [-0.15, -0.1) is 11.3 Å². The number of rotatable bonds is 5. The third-order valence-electron chi connectivity index (χ3n) is 15.6. The molecular weight excluding hydrogens is 927 g/mol. The largest absolute Gasteiger partial charge is 0.208 e. The minimum atomic E-state index is 0.641. The Morgan fingerprint density at radius 1 is 0.200 bits per heavy atom. The van der Waals surface area contributed by atoms with Gasteiger partial charge in [-0.3, -0.25) is 0 Å². The number of hydrogen-bond donors (Lipinski definition) is 0. The maximum Gasteiger partial charge on any atom is 0.165 e. The second-order valence-electron chi connectivity index (χ2n) is 19.7. The normalized spacial score (nSPS) is 12.0. The Kier molecular flexibility index (Phi) is 9.20. The average molecular weight is 968 g/mol. The van der Waals surface area contributed by atoms with Crippen LogP contribution in [0, 0.1) is 0 Å². The van der Waals surface area contributed by atoms with E-state index in [-0.39, 0.29) is 0 Å². The number of nitrogens with zero attached hydrogens (tertiary/aromatic N) is 3. The smallest absolute Gasteiger partial charge is 0.165 e. The molecule has 0 aliphatic carbocycles. The van der Waals surface area contributed by atoms with E-state index < -0.39 is 0 Å². The Morgan fingerprint density at radius 2 is 0.560 bits per heavy atom.